The largest absolute Gasteiger partial charge is 0.336 e. The van der Waals surface area contributed by atoms with E-state index in [4.69, 9.17) is 12.2 Å². The summed E-state index contributed by atoms with van der Waals surface area (Å²) >= 11 is 10.9. The van der Waals surface area contributed by atoms with Crippen LogP contribution in [-0.4, -0.2) is 27.7 Å². The van der Waals surface area contributed by atoms with Gasteiger partial charge in [0.15, 0.2) is 5.11 Å². The standard InChI is InChI=1S/C12H15BrN2S2/c1-2-11-15(6-7-17-11)12(16)14-10-5-3-4-9(13)8-10/h3-5,8,11H,2,6-7H2,1H3,(H,14,16). The Balaban J connectivity index is 2.01. The quantitative estimate of drug-likeness (QED) is 0.826. The molecule has 1 heterocycles. The smallest absolute Gasteiger partial charge is 0.174 e. The maximum Gasteiger partial charge on any atom is 0.174 e. The number of hydrogen-bond donors (Lipinski definition) is 1. The fourth-order valence-corrected chi connectivity index (χ4v) is 3.86. The lowest BCUT2D eigenvalue weighted by Gasteiger charge is -2.25. The van der Waals surface area contributed by atoms with E-state index in [0.717, 1.165) is 28.2 Å². The van der Waals surface area contributed by atoms with Crippen LogP contribution in [0.1, 0.15) is 13.3 Å². The van der Waals surface area contributed by atoms with Crippen molar-refractivity contribution in [1.82, 2.24) is 4.90 Å². The Morgan fingerprint density at radius 2 is 2.47 bits per heavy atom. The minimum Gasteiger partial charge on any atom is -0.336 e. The van der Waals surface area contributed by atoms with E-state index in [9.17, 15) is 0 Å². The van der Waals surface area contributed by atoms with E-state index in [1.54, 1.807) is 0 Å². The van der Waals surface area contributed by atoms with Crippen molar-refractivity contribution in [2.24, 2.45) is 0 Å². The summed E-state index contributed by atoms with van der Waals surface area (Å²) in [5.41, 5.74) is 1.04. The fourth-order valence-electron chi connectivity index (χ4n) is 1.85. The zero-order chi connectivity index (χ0) is 12.3. The molecule has 0 bridgehead atoms. The Kier molecular flexibility index (Phi) is 4.70. The lowest BCUT2D eigenvalue weighted by molar-refractivity contribution is 0.438. The van der Waals surface area contributed by atoms with Crippen LogP contribution >= 0.6 is 39.9 Å². The van der Waals surface area contributed by atoms with Crippen molar-refractivity contribution >= 4 is 50.7 Å². The minimum absolute atomic E-state index is 0.530. The van der Waals surface area contributed by atoms with Crippen molar-refractivity contribution in [3.8, 4) is 0 Å². The lowest BCUT2D eigenvalue weighted by Crippen LogP contribution is -2.37. The number of nitrogens with zero attached hydrogens (tertiary/aromatic N) is 1. The second-order valence-corrected chi connectivity index (χ2v) is 6.46. The number of halogens is 1. The molecule has 0 saturated carbocycles. The molecule has 1 aliphatic rings. The third-order valence-corrected chi connectivity index (χ3v) is 4.90. The first-order chi connectivity index (χ1) is 8.20. The van der Waals surface area contributed by atoms with Gasteiger partial charge in [-0.2, -0.15) is 0 Å². The average molecular weight is 331 g/mol. The van der Waals surface area contributed by atoms with Crippen molar-refractivity contribution in [2.45, 2.75) is 18.7 Å². The van der Waals surface area contributed by atoms with Crippen molar-refractivity contribution in [3.63, 3.8) is 0 Å². The van der Waals surface area contributed by atoms with Crippen molar-refractivity contribution in [2.75, 3.05) is 17.6 Å². The van der Waals surface area contributed by atoms with Gasteiger partial charge in [-0.1, -0.05) is 28.9 Å². The number of rotatable bonds is 2. The highest BCUT2D eigenvalue weighted by molar-refractivity contribution is 9.10. The molecule has 1 saturated heterocycles. The number of thiocarbonyl (C=S) groups is 1. The van der Waals surface area contributed by atoms with E-state index >= 15 is 0 Å². The van der Waals surface area contributed by atoms with E-state index < -0.39 is 0 Å². The minimum atomic E-state index is 0.530. The van der Waals surface area contributed by atoms with Crippen LogP contribution in [-0.2, 0) is 0 Å². The molecule has 1 fully saturated rings. The van der Waals surface area contributed by atoms with Crippen LogP contribution in [0.5, 0.6) is 0 Å². The summed E-state index contributed by atoms with van der Waals surface area (Å²) in [6.07, 6.45) is 1.13. The van der Waals surface area contributed by atoms with E-state index in [1.165, 1.54) is 5.75 Å². The van der Waals surface area contributed by atoms with E-state index in [1.807, 2.05) is 36.0 Å². The second-order valence-electron chi connectivity index (χ2n) is 3.87. The van der Waals surface area contributed by atoms with Crippen molar-refractivity contribution < 1.29 is 0 Å². The molecule has 0 aromatic heterocycles. The topological polar surface area (TPSA) is 15.3 Å². The van der Waals surface area contributed by atoms with E-state index in [0.29, 0.717) is 5.37 Å². The summed E-state index contributed by atoms with van der Waals surface area (Å²) in [7, 11) is 0. The Hall–Kier alpha value is -0.260. The van der Waals surface area contributed by atoms with E-state index in [2.05, 4.69) is 33.1 Å². The molecule has 0 amide bonds. The molecule has 1 unspecified atom stereocenters. The zero-order valence-corrected chi connectivity index (χ0v) is 12.9. The van der Waals surface area contributed by atoms with Gasteiger partial charge in [0.05, 0.1) is 5.37 Å². The predicted octanol–water partition coefficient (Wildman–Crippen LogP) is 3.93. The molecule has 5 heteroatoms. The van der Waals surface area contributed by atoms with Crippen LogP contribution in [0.2, 0.25) is 0 Å². The summed E-state index contributed by atoms with van der Waals surface area (Å²) in [5.74, 6) is 1.17. The Bertz CT molecular complexity index is 411. The normalized spacial score (nSPS) is 19.4. The molecule has 1 aromatic carbocycles. The SMILES string of the molecule is CCC1SCCN1C(=S)Nc1cccc(Br)c1. The number of benzene rings is 1. The predicted molar refractivity (Wildman–Crippen MR) is 83.6 cm³/mol. The molecule has 17 heavy (non-hydrogen) atoms. The monoisotopic (exact) mass is 330 g/mol. The van der Waals surface area contributed by atoms with Gasteiger partial charge in [0.1, 0.15) is 0 Å². The Morgan fingerprint density at radius 1 is 1.65 bits per heavy atom. The summed E-state index contributed by atoms with van der Waals surface area (Å²) in [6.45, 7) is 3.25. The van der Waals surface area contributed by atoms with Gasteiger partial charge in [-0.05, 0) is 36.8 Å². The van der Waals surface area contributed by atoms with Gasteiger partial charge in [0.2, 0.25) is 0 Å². The molecule has 1 atom stereocenters. The zero-order valence-electron chi connectivity index (χ0n) is 9.65. The second kappa shape index (κ2) is 6.07. The lowest BCUT2D eigenvalue weighted by atomic mass is 10.3. The molecule has 1 aliphatic heterocycles. The summed E-state index contributed by atoms with van der Waals surface area (Å²) in [5, 5.41) is 4.67. The molecule has 1 N–H and O–H groups in total. The molecular weight excluding hydrogens is 316 g/mol. The first-order valence-corrected chi connectivity index (χ1v) is 7.90. The Morgan fingerprint density at radius 3 is 3.18 bits per heavy atom. The highest BCUT2D eigenvalue weighted by Gasteiger charge is 2.25. The average Bonchev–Trinajstić information content (AvgIpc) is 2.77. The van der Waals surface area contributed by atoms with Gasteiger partial charge in [-0.3, -0.25) is 0 Å². The highest BCUT2D eigenvalue weighted by Crippen LogP contribution is 2.27. The number of anilines is 1. The third kappa shape index (κ3) is 3.36. The molecule has 0 spiro atoms. The number of thioether (sulfide) groups is 1. The van der Waals surface area contributed by atoms with Gasteiger partial charge in [-0.25, -0.2) is 0 Å². The highest BCUT2D eigenvalue weighted by atomic mass is 79.9. The van der Waals surface area contributed by atoms with Crippen LogP contribution in [0, 0.1) is 0 Å². The summed E-state index contributed by atoms with van der Waals surface area (Å²) < 4.78 is 1.06. The fraction of sp³-hybridized carbons (Fsp3) is 0.417. The molecule has 2 nitrogen and oxygen atoms in total. The van der Waals surface area contributed by atoms with Gasteiger partial charge in [-0.15, -0.1) is 11.8 Å². The number of hydrogen-bond acceptors (Lipinski definition) is 2. The van der Waals surface area contributed by atoms with Crippen LogP contribution in [0.25, 0.3) is 0 Å². The van der Waals surface area contributed by atoms with Crippen LogP contribution in [0.3, 0.4) is 0 Å². The Labute approximate surface area is 120 Å². The van der Waals surface area contributed by atoms with Crippen LogP contribution < -0.4 is 5.32 Å². The maximum absolute atomic E-state index is 5.47. The van der Waals surface area contributed by atoms with Crippen LogP contribution in [0.15, 0.2) is 28.7 Å². The van der Waals surface area contributed by atoms with Gasteiger partial charge >= 0.3 is 0 Å². The van der Waals surface area contributed by atoms with Crippen molar-refractivity contribution in [3.05, 3.63) is 28.7 Å². The maximum atomic E-state index is 5.47. The number of nitrogens with one attached hydrogen (secondary N) is 1. The van der Waals surface area contributed by atoms with E-state index in [-0.39, 0.29) is 0 Å². The third-order valence-electron chi connectivity index (χ3n) is 2.68. The first kappa shape index (κ1) is 13.2. The molecule has 1 aromatic rings. The molecule has 2 rings (SSSR count). The van der Waals surface area contributed by atoms with Crippen molar-refractivity contribution in [1.29, 1.82) is 0 Å². The van der Waals surface area contributed by atoms with Gasteiger partial charge < -0.3 is 10.2 Å². The van der Waals surface area contributed by atoms with Crippen LogP contribution in [0.4, 0.5) is 5.69 Å². The molecular formula is C12H15BrN2S2. The summed E-state index contributed by atoms with van der Waals surface area (Å²) in [4.78, 5) is 2.28. The molecule has 0 aliphatic carbocycles. The molecule has 92 valence electrons. The summed E-state index contributed by atoms with van der Waals surface area (Å²) in [6, 6.07) is 8.08. The first-order valence-electron chi connectivity index (χ1n) is 5.65. The van der Waals surface area contributed by atoms with Gasteiger partial charge in [0, 0.05) is 22.5 Å². The van der Waals surface area contributed by atoms with Gasteiger partial charge in [0.25, 0.3) is 0 Å². The molecule has 0 radical (unpaired) electrons.